The summed E-state index contributed by atoms with van der Waals surface area (Å²) >= 11 is 0. The number of methoxy groups -OCH3 is 2. The topological polar surface area (TPSA) is 258 Å². The zero-order valence-corrected chi connectivity index (χ0v) is 46.2. The number of amides is 2. The highest BCUT2D eigenvalue weighted by molar-refractivity contribution is 5.71. The Morgan fingerprint density at radius 3 is 1.70 bits per heavy atom. The van der Waals surface area contributed by atoms with E-state index in [1.807, 2.05) is 48.0 Å². The van der Waals surface area contributed by atoms with Crippen LogP contribution in [0, 0.1) is 23.7 Å². The van der Waals surface area contributed by atoms with E-state index in [-0.39, 0.29) is 30.9 Å². The molecule has 0 bridgehead atoms. The maximum absolute atomic E-state index is 11.7. The fourth-order valence-electron chi connectivity index (χ4n) is 6.50. The van der Waals surface area contributed by atoms with E-state index in [9.17, 15) is 19.5 Å². The molecule has 18 nitrogen and oxygen atoms in total. The van der Waals surface area contributed by atoms with Gasteiger partial charge in [0.25, 0.3) is 0 Å². The summed E-state index contributed by atoms with van der Waals surface area (Å²) in [6.07, 6.45) is 14.8. The summed E-state index contributed by atoms with van der Waals surface area (Å²) in [5.74, 6) is 4.66. The zero-order chi connectivity index (χ0) is 54.8. The van der Waals surface area contributed by atoms with Crippen molar-refractivity contribution in [2.45, 2.75) is 138 Å². The van der Waals surface area contributed by atoms with Crippen molar-refractivity contribution >= 4 is 31.4 Å². The maximum atomic E-state index is 11.7. The van der Waals surface area contributed by atoms with Gasteiger partial charge in [-0.1, -0.05) is 112 Å². The molecular weight excluding hydrogens is 889 g/mol. The third-order valence-corrected chi connectivity index (χ3v) is 9.93. The number of aldehydes is 2. The minimum atomic E-state index is -0.789. The lowest BCUT2D eigenvalue weighted by molar-refractivity contribution is -0.146. The summed E-state index contributed by atoms with van der Waals surface area (Å²) in [4.78, 5) is 57.9. The van der Waals surface area contributed by atoms with E-state index in [1.165, 1.54) is 6.42 Å². The molecular formula is C51H106N6O12. The predicted octanol–water partition coefficient (Wildman–Crippen LogP) is 6.10. The number of nitrogens with one attached hydrogen (secondary N) is 1. The molecule has 0 spiro atoms. The van der Waals surface area contributed by atoms with Crippen molar-refractivity contribution in [2.24, 2.45) is 41.0 Å². The molecule has 1 aliphatic rings. The molecule has 1 rings (SSSR count). The average Bonchev–Trinajstić information content (AvgIpc) is 3.75. The number of hydrogen-bond acceptors (Lipinski definition) is 15. The summed E-state index contributed by atoms with van der Waals surface area (Å²) in [5, 5.41) is 12.6. The lowest BCUT2D eigenvalue weighted by atomic mass is 9.81. The van der Waals surface area contributed by atoms with Gasteiger partial charge in [-0.15, -0.1) is 0 Å². The highest BCUT2D eigenvalue weighted by atomic mass is 16.6. The molecule has 0 saturated carbocycles. The number of carbonyl (C=O) groups is 5. The van der Waals surface area contributed by atoms with Crippen molar-refractivity contribution in [1.82, 2.24) is 15.1 Å². The van der Waals surface area contributed by atoms with Crippen LogP contribution in [0.5, 0.6) is 0 Å². The highest BCUT2D eigenvalue weighted by Gasteiger charge is 2.38. The first-order valence-corrected chi connectivity index (χ1v) is 24.4. The van der Waals surface area contributed by atoms with Crippen molar-refractivity contribution < 1.29 is 57.6 Å². The van der Waals surface area contributed by atoms with Crippen molar-refractivity contribution in [3.8, 4) is 0 Å². The van der Waals surface area contributed by atoms with Gasteiger partial charge in [0, 0.05) is 45.7 Å². The Morgan fingerprint density at radius 2 is 1.38 bits per heavy atom. The SMILES string of the molecule is C=C/C=C\C(=C)CC(C(=O)O)C(C)C(OC)C1CCCN1C.CC.CC(C)CCC=O.CCC.CCC(C)C(C(CC=O)OC)N(C)C.CNCCOCCOCCOCCON.NC=O.NC=O. The molecule has 0 aromatic rings. The van der Waals surface area contributed by atoms with Crippen LogP contribution < -0.4 is 22.7 Å². The fourth-order valence-corrected chi connectivity index (χ4v) is 6.50. The molecule has 7 atom stereocenters. The molecule has 1 aliphatic heterocycles. The van der Waals surface area contributed by atoms with Gasteiger partial charge < -0.3 is 69.8 Å². The van der Waals surface area contributed by atoms with Crippen LogP contribution >= 0.6 is 0 Å². The molecule has 1 fully saturated rings. The van der Waals surface area contributed by atoms with Crippen molar-refractivity contribution in [2.75, 3.05) is 102 Å². The van der Waals surface area contributed by atoms with Gasteiger partial charge in [-0.05, 0) is 78.2 Å². The van der Waals surface area contributed by atoms with Gasteiger partial charge in [0.05, 0.1) is 64.4 Å². The van der Waals surface area contributed by atoms with E-state index in [0.717, 1.165) is 63.3 Å². The van der Waals surface area contributed by atoms with Crippen molar-refractivity contribution in [1.29, 1.82) is 0 Å². The second kappa shape index (κ2) is 64.6. The number of likely N-dealkylation sites (N-methyl/N-ethyl adjacent to an activating group) is 3. The van der Waals surface area contributed by atoms with Gasteiger partial charge in [-0.3, -0.25) is 14.4 Å². The van der Waals surface area contributed by atoms with Crippen LogP contribution in [0.2, 0.25) is 0 Å². The molecule has 0 aromatic carbocycles. The molecule has 8 N–H and O–H groups in total. The van der Waals surface area contributed by atoms with E-state index in [0.29, 0.717) is 83.0 Å². The number of primary amides is 2. The van der Waals surface area contributed by atoms with Gasteiger partial charge in [0.2, 0.25) is 12.8 Å². The van der Waals surface area contributed by atoms with Crippen LogP contribution in [0.3, 0.4) is 0 Å². The third kappa shape index (κ3) is 55.4. The summed E-state index contributed by atoms with van der Waals surface area (Å²) < 4.78 is 26.7. The minimum absolute atomic E-state index is 0.0115. The van der Waals surface area contributed by atoms with Gasteiger partial charge in [-0.25, -0.2) is 5.90 Å². The van der Waals surface area contributed by atoms with Gasteiger partial charge >= 0.3 is 5.97 Å². The summed E-state index contributed by atoms with van der Waals surface area (Å²) in [6.45, 7) is 32.2. The van der Waals surface area contributed by atoms with Crippen molar-refractivity contribution in [3.63, 3.8) is 0 Å². The van der Waals surface area contributed by atoms with Crippen LogP contribution in [0.1, 0.15) is 114 Å². The Morgan fingerprint density at radius 1 is 0.884 bits per heavy atom. The van der Waals surface area contributed by atoms with Crippen LogP contribution in [0.15, 0.2) is 37.0 Å². The standard InChI is InChI=1S/C18H29NO3.C11H23NO2.C9H22N2O4.C6H12O.C3H8.C2H6.2CH3NO/c1-6-7-9-13(2)12-15(18(20)21)14(3)17(22-5)16-10-8-11-19(16)4;1-6-9(2)11(12(3)4)10(14-5)7-8-13;1-11-2-3-12-4-5-13-6-7-14-8-9-15-10;1-6(2)4-3-5-7;1-3-2;1-2;2*2-1-3/h6-7,9,14-17H,1-2,8,10-12H2,3-5H3,(H,20,21);8-11H,6-7H2,1-5H3;11H,2-10H2,1H3;5-6H,3-4H2,1-2H3;3H2,1-2H3;1-2H3;2*1H,(H2,2,3)/b9-7-;;;;;;;. The predicted molar refractivity (Wildman–Crippen MR) is 283 cm³/mol. The second-order valence-corrected chi connectivity index (χ2v) is 16.1. The van der Waals surface area contributed by atoms with Gasteiger partial charge in [-0.2, -0.15) is 0 Å². The van der Waals surface area contributed by atoms with Gasteiger partial charge in [0.15, 0.2) is 0 Å². The molecule has 18 heteroatoms. The number of carboxylic acids is 1. The van der Waals surface area contributed by atoms with Crippen LogP contribution in [0.25, 0.3) is 0 Å². The highest BCUT2D eigenvalue weighted by Crippen LogP contribution is 2.31. The monoisotopic (exact) mass is 995 g/mol. The van der Waals surface area contributed by atoms with Crippen molar-refractivity contribution in [3.05, 3.63) is 37.0 Å². The van der Waals surface area contributed by atoms with Gasteiger partial charge in [0.1, 0.15) is 12.6 Å². The molecule has 412 valence electrons. The molecule has 2 amide bonds. The Balaban J connectivity index is -0.000000145. The smallest absolute Gasteiger partial charge is 0.307 e. The lowest BCUT2D eigenvalue weighted by Crippen LogP contribution is -2.45. The molecule has 1 saturated heterocycles. The molecule has 1 heterocycles. The molecule has 69 heavy (non-hydrogen) atoms. The molecule has 0 aromatic heterocycles. The average molecular weight is 995 g/mol. The zero-order valence-electron chi connectivity index (χ0n) is 46.2. The normalized spacial score (nSPS) is 15.1. The number of rotatable bonds is 31. The minimum Gasteiger partial charge on any atom is -0.481 e. The number of nitrogens with zero attached hydrogens (tertiary/aromatic N) is 2. The number of aliphatic carboxylic acids is 1. The number of carbonyl (C=O) groups excluding carboxylic acids is 4. The second-order valence-electron chi connectivity index (χ2n) is 16.1. The Bertz CT molecular complexity index is 1130. The number of carboxylic acid groups (broad SMARTS) is 1. The van der Waals surface area contributed by atoms with E-state index < -0.39 is 11.9 Å². The number of nitrogens with two attached hydrogens (primary N) is 3. The molecule has 0 radical (unpaired) electrons. The maximum Gasteiger partial charge on any atom is 0.307 e. The molecule has 7 unspecified atom stereocenters. The van der Waals surface area contributed by atoms with E-state index in [1.54, 1.807) is 26.4 Å². The Labute approximate surface area is 420 Å². The summed E-state index contributed by atoms with van der Waals surface area (Å²) in [5.41, 5.74) is 9.13. The fraction of sp³-hybridized carbons (Fsp3) is 0.784. The third-order valence-electron chi connectivity index (χ3n) is 9.93. The van der Waals surface area contributed by atoms with E-state index in [2.05, 4.69) is 93.2 Å². The Hall–Kier alpha value is -3.43. The quantitative estimate of drug-likeness (QED) is 0.0228. The number of ether oxygens (including phenoxy) is 5. The van der Waals surface area contributed by atoms with Crippen LogP contribution in [-0.4, -0.2) is 172 Å². The Kier molecular flexibility index (Phi) is 74.6. The molecule has 0 aliphatic carbocycles. The van der Waals surface area contributed by atoms with Crippen LogP contribution in [-0.2, 0) is 52.5 Å². The van der Waals surface area contributed by atoms with Crippen LogP contribution in [0.4, 0.5) is 0 Å². The number of allylic oxidation sites excluding steroid dienone is 4. The first kappa shape index (κ1) is 79.7. The summed E-state index contributed by atoms with van der Waals surface area (Å²) in [7, 11) is 11.4. The number of likely N-dealkylation sites (tertiary alicyclic amines) is 1. The number of hydrogen-bond donors (Lipinski definition) is 5. The first-order chi connectivity index (χ1) is 32.9. The lowest BCUT2D eigenvalue weighted by Gasteiger charge is -2.35. The first-order valence-electron chi connectivity index (χ1n) is 24.4. The van der Waals surface area contributed by atoms with E-state index >= 15 is 0 Å². The van der Waals surface area contributed by atoms with E-state index in [4.69, 9.17) is 39.2 Å². The summed E-state index contributed by atoms with van der Waals surface area (Å²) in [6, 6.07) is 0.606. The largest absolute Gasteiger partial charge is 0.481 e.